The fraction of sp³-hybridized carbons (Fsp3) is 0.438. The maximum atomic E-state index is 13.7. The molecule has 3 aliphatic heterocycles. The van der Waals surface area contributed by atoms with Crippen LogP contribution >= 0.6 is 23.5 Å². The molecule has 0 radical (unpaired) electrons. The Hall–Kier alpha value is -5.08. The number of non-ortho nitro benzene ring substituents is 2. The van der Waals surface area contributed by atoms with Crippen molar-refractivity contribution in [3.8, 4) is 0 Å². The number of aryl methyl sites for hydroxylation is 1. The van der Waals surface area contributed by atoms with Gasteiger partial charge in [-0.1, -0.05) is 18.7 Å². The lowest BCUT2D eigenvalue weighted by molar-refractivity contribution is -0.385. The van der Waals surface area contributed by atoms with E-state index in [0.717, 1.165) is 0 Å². The summed E-state index contributed by atoms with van der Waals surface area (Å²) in [4.78, 5) is 65.2. The van der Waals surface area contributed by atoms with Gasteiger partial charge in [-0.15, -0.1) is 16.9 Å². The molecule has 0 saturated carbocycles. The molecule has 2 amide bonds. The van der Waals surface area contributed by atoms with Gasteiger partial charge in [-0.25, -0.2) is 14.3 Å². The minimum atomic E-state index is -0.943. The molecule has 0 spiro atoms. The number of hydrogen-bond acceptors (Lipinski definition) is 15. The van der Waals surface area contributed by atoms with Crippen LogP contribution in [0.5, 0.6) is 0 Å². The van der Waals surface area contributed by atoms with Gasteiger partial charge in [0.15, 0.2) is 0 Å². The van der Waals surface area contributed by atoms with Gasteiger partial charge < -0.3 is 24.4 Å². The van der Waals surface area contributed by atoms with E-state index in [1.807, 2.05) is 6.92 Å². The highest BCUT2D eigenvalue weighted by Crippen LogP contribution is 2.52. The highest BCUT2D eigenvalue weighted by molar-refractivity contribution is 8.03. The number of amides is 2. The van der Waals surface area contributed by atoms with Gasteiger partial charge in [0, 0.05) is 65.7 Å². The van der Waals surface area contributed by atoms with E-state index in [1.54, 1.807) is 11.9 Å². The van der Waals surface area contributed by atoms with Crippen LogP contribution in [0, 0.1) is 32.1 Å². The number of nitro groups is 2. The van der Waals surface area contributed by atoms with Crippen LogP contribution in [0.2, 0.25) is 0 Å². The second-order valence-electron chi connectivity index (χ2n) is 12.6. The standard InChI is InChI=1S/C32H34N8O10S2/c1-17-26-25(18(2)41)29(42)38(26)27(30(43)49-14-19-4-8-21(9-5-19)39(45)46)28(17)52-24-12-23(16-51-31-33-34-35-36(31)3)37(13-24)32(44)50-15-20-6-10-22(11-7-20)40(47)48/h4-11,17-18,23-26,41H,12-16H2,1-3H3/t17-,18-,23+,24+,25-,26-/m1/s1. The molecule has 274 valence electrons. The molecule has 0 aliphatic carbocycles. The number of thioether (sulfide) groups is 2. The Morgan fingerprint density at radius 3 is 2.15 bits per heavy atom. The summed E-state index contributed by atoms with van der Waals surface area (Å²) in [5.41, 5.74) is 0.988. The Morgan fingerprint density at radius 2 is 1.62 bits per heavy atom. The van der Waals surface area contributed by atoms with Crippen molar-refractivity contribution in [3.63, 3.8) is 0 Å². The largest absolute Gasteiger partial charge is 0.456 e. The molecular weight excluding hydrogens is 721 g/mol. The fourth-order valence-corrected chi connectivity index (χ4v) is 9.11. The number of benzene rings is 2. The number of carbonyl (C=O) groups is 3. The molecule has 1 N–H and O–H groups in total. The third-order valence-electron chi connectivity index (χ3n) is 9.22. The zero-order valence-corrected chi connectivity index (χ0v) is 29.8. The molecule has 4 heterocycles. The smallest absolute Gasteiger partial charge is 0.410 e. The normalized spacial score (nSPS) is 22.9. The monoisotopic (exact) mass is 754 g/mol. The summed E-state index contributed by atoms with van der Waals surface area (Å²) < 4.78 is 12.8. The Labute approximate surface area is 304 Å². The van der Waals surface area contributed by atoms with Gasteiger partial charge in [-0.2, -0.15) is 0 Å². The lowest BCUT2D eigenvalue weighted by Gasteiger charge is -2.46. The van der Waals surface area contributed by atoms with Crippen molar-refractivity contribution in [3.05, 3.63) is 90.5 Å². The first-order valence-corrected chi connectivity index (χ1v) is 18.0. The molecule has 2 fully saturated rings. The number of nitro benzene ring substituents is 2. The molecule has 20 heteroatoms. The number of fused-ring (bicyclic) bond motifs is 1. The average molecular weight is 755 g/mol. The second kappa shape index (κ2) is 15.3. The van der Waals surface area contributed by atoms with E-state index in [9.17, 15) is 39.7 Å². The molecule has 0 bridgehead atoms. The summed E-state index contributed by atoms with van der Waals surface area (Å²) in [6, 6.07) is 10.5. The maximum absolute atomic E-state index is 13.7. The number of carbonyl (C=O) groups excluding carboxylic acids is 3. The van der Waals surface area contributed by atoms with E-state index in [-0.39, 0.29) is 59.9 Å². The molecule has 3 aliphatic rings. The first-order chi connectivity index (χ1) is 24.8. The Kier molecular flexibility index (Phi) is 10.8. The number of nitrogens with zero attached hydrogens (tertiary/aromatic N) is 8. The van der Waals surface area contributed by atoms with Crippen LogP contribution in [0.15, 0.2) is 64.3 Å². The zero-order valence-electron chi connectivity index (χ0n) is 28.1. The number of tetrazole rings is 1. The van der Waals surface area contributed by atoms with Gasteiger partial charge in [0.2, 0.25) is 11.1 Å². The first-order valence-electron chi connectivity index (χ1n) is 16.2. The molecule has 1 aromatic heterocycles. The number of likely N-dealkylation sites (tertiary alicyclic amines) is 1. The van der Waals surface area contributed by atoms with E-state index in [2.05, 4.69) is 15.5 Å². The highest BCUT2D eigenvalue weighted by atomic mass is 32.2. The number of ether oxygens (including phenoxy) is 2. The van der Waals surface area contributed by atoms with Crippen molar-refractivity contribution in [2.75, 3.05) is 12.3 Å². The van der Waals surface area contributed by atoms with Gasteiger partial charge in [0.25, 0.3) is 11.4 Å². The van der Waals surface area contributed by atoms with Crippen LogP contribution in [-0.4, -0.2) is 98.7 Å². The fourth-order valence-electron chi connectivity index (χ4n) is 6.58. The van der Waals surface area contributed by atoms with Crippen molar-refractivity contribution in [1.29, 1.82) is 0 Å². The number of aromatic nitrogens is 4. The third kappa shape index (κ3) is 7.44. The van der Waals surface area contributed by atoms with Crippen LogP contribution < -0.4 is 0 Å². The van der Waals surface area contributed by atoms with Crippen molar-refractivity contribution in [1.82, 2.24) is 30.0 Å². The molecule has 6 rings (SSSR count). The van der Waals surface area contributed by atoms with Gasteiger partial charge in [-0.05, 0) is 59.2 Å². The lowest BCUT2D eigenvalue weighted by Crippen LogP contribution is -2.63. The Balaban J connectivity index is 1.21. The van der Waals surface area contributed by atoms with Crippen LogP contribution in [-0.2, 0) is 39.3 Å². The molecule has 2 aromatic carbocycles. The average Bonchev–Trinajstić information content (AvgIpc) is 3.79. The molecule has 6 atom stereocenters. The summed E-state index contributed by atoms with van der Waals surface area (Å²) in [6.45, 7) is 3.37. The van der Waals surface area contributed by atoms with Crippen molar-refractivity contribution >= 4 is 52.9 Å². The van der Waals surface area contributed by atoms with Gasteiger partial charge in [0.1, 0.15) is 18.9 Å². The number of rotatable bonds is 13. The predicted molar refractivity (Wildman–Crippen MR) is 184 cm³/mol. The molecular formula is C32H34N8O10S2. The van der Waals surface area contributed by atoms with E-state index < -0.39 is 40.0 Å². The summed E-state index contributed by atoms with van der Waals surface area (Å²) >= 11 is 2.74. The van der Waals surface area contributed by atoms with Gasteiger partial charge in [-0.3, -0.25) is 25.0 Å². The second-order valence-corrected chi connectivity index (χ2v) is 15.0. The van der Waals surface area contributed by atoms with E-state index in [1.165, 1.54) is 88.6 Å². The number of aliphatic hydroxyl groups is 1. The van der Waals surface area contributed by atoms with E-state index in [0.29, 0.717) is 33.4 Å². The Morgan fingerprint density at radius 1 is 1.02 bits per heavy atom. The number of hydrogen-bond donors (Lipinski definition) is 1. The Bertz CT molecular complexity index is 1900. The van der Waals surface area contributed by atoms with Gasteiger partial charge in [0.05, 0.1) is 27.9 Å². The maximum Gasteiger partial charge on any atom is 0.410 e. The summed E-state index contributed by atoms with van der Waals surface area (Å²) in [6.07, 6.45) is -1.04. The van der Waals surface area contributed by atoms with E-state index in [4.69, 9.17) is 9.47 Å². The molecule has 0 unspecified atom stereocenters. The number of β-lactam (4-membered cyclic amide) rings is 1. The minimum Gasteiger partial charge on any atom is -0.456 e. The first kappa shape index (κ1) is 36.7. The van der Waals surface area contributed by atoms with Crippen molar-refractivity contribution in [2.45, 2.75) is 62.1 Å². The third-order valence-corrected chi connectivity index (χ3v) is 11.9. The van der Waals surface area contributed by atoms with Crippen LogP contribution in [0.1, 0.15) is 31.4 Å². The quantitative estimate of drug-likeness (QED) is 0.0867. The zero-order chi connectivity index (χ0) is 37.3. The van der Waals surface area contributed by atoms with Crippen molar-refractivity contribution < 1.29 is 38.8 Å². The topological polar surface area (TPSA) is 226 Å². The van der Waals surface area contributed by atoms with Gasteiger partial charge >= 0.3 is 12.1 Å². The molecule has 3 aromatic rings. The molecule has 52 heavy (non-hydrogen) atoms. The van der Waals surface area contributed by atoms with Crippen LogP contribution in [0.3, 0.4) is 0 Å². The predicted octanol–water partition coefficient (Wildman–Crippen LogP) is 3.44. The summed E-state index contributed by atoms with van der Waals surface area (Å²) in [5.74, 6) is -1.74. The number of esters is 1. The highest BCUT2D eigenvalue weighted by Gasteiger charge is 2.60. The molecule has 18 nitrogen and oxygen atoms in total. The molecule has 2 saturated heterocycles. The van der Waals surface area contributed by atoms with Crippen LogP contribution in [0.25, 0.3) is 0 Å². The SMILES string of the molecule is C[C@@H](O)[C@H]1C(=O)N2C(C(=O)OCc3ccc([N+](=O)[O-])cc3)=C(S[C@H]3C[C@@H](CSc4nnnn4C)N(C(=O)OCc4ccc([N+](=O)[O-])cc4)C3)[C@H](C)[C@H]12. The minimum absolute atomic E-state index is 0.0823. The van der Waals surface area contributed by atoms with Crippen molar-refractivity contribution in [2.24, 2.45) is 18.9 Å². The summed E-state index contributed by atoms with van der Waals surface area (Å²) in [7, 11) is 1.70. The van der Waals surface area contributed by atoms with E-state index >= 15 is 0 Å². The summed E-state index contributed by atoms with van der Waals surface area (Å²) in [5, 5.41) is 44.4. The number of aliphatic hydroxyl groups excluding tert-OH is 1. The van der Waals surface area contributed by atoms with Crippen LogP contribution in [0.4, 0.5) is 16.2 Å². The lowest BCUT2D eigenvalue weighted by atomic mass is 9.79.